The van der Waals surface area contributed by atoms with Crippen molar-refractivity contribution in [2.24, 2.45) is 5.92 Å². The molecule has 2 atom stereocenters. The molecule has 6 heteroatoms. The predicted octanol–water partition coefficient (Wildman–Crippen LogP) is 3.20. The van der Waals surface area contributed by atoms with E-state index in [2.05, 4.69) is 10.3 Å². The van der Waals surface area contributed by atoms with E-state index >= 15 is 0 Å². The maximum Gasteiger partial charge on any atom is 0.417 e. The Kier molecular flexibility index (Phi) is 3.73. The Morgan fingerprint density at radius 1 is 1.24 bits per heavy atom. The zero-order valence-electron chi connectivity index (χ0n) is 11.5. The molecular formula is C15H17F3N2O. The van der Waals surface area contributed by atoms with Crippen molar-refractivity contribution in [3.05, 3.63) is 29.6 Å². The number of halogens is 3. The molecule has 0 amide bonds. The average Bonchev–Trinajstić information content (AvgIpc) is 2.45. The first kappa shape index (κ1) is 14.5. The quantitative estimate of drug-likeness (QED) is 0.853. The summed E-state index contributed by atoms with van der Waals surface area (Å²) >= 11 is 0. The van der Waals surface area contributed by atoms with Crippen molar-refractivity contribution in [2.45, 2.75) is 50.4 Å². The number of rotatable bonds is 2. The van der Waals surface area contributed by atoms with Gasteiger partial charge in [0.25, 0.3) is 0 Å². The normalized spacial score (nSPS) is 29.2. The Bertz CT molecular complexity index is 532. The lowest BCUT2D eigenvalue weighted by molar-refractivity contribution is -0.138. The van der Waals surface area contributed by atoms with E-state index in [1.807, 2.05) is 0 Å². The maximum absolute atomic E-state index is 13.0. The number of nitrogens with one attached hydrogen (secondary N) is 1. The van der Waals surface area contributed by atoms with Gasteiger partial charge in [-0.25, -0.2) is 0 Å². The van der Waals surface area contributed by atoms with Gasteiger partial charge >= 0.3 is 6.18 Å². The predicted molar refractivity (Wildman–Crippen MR) is 70.9 cm³/mol. The average molecular weight is 298 g/mol. The van der Waals surface area contributed by atoms with E-state index in [4.69, 9.17) is 0 Å². The molecular weight excluding hydrogens is 281 g/mol. The smallest absolute Gasteiger partial charge is 0.311 e. The Labute approximate surface area is 120 Å². The Balaban J connectivity index is 1.86. The van der Waals surface area contributed by atoms with Crippen LogP contribution in [0, 0.1) is 5.92 Å². The largest absolute Gasteiger partial charge is 0.417 e. The summed E-state index contributed by atoms with van der Waals surface area (Å²) < 4.78 is 39.0. The minimum absolute atomic E-state index is 0.262. The lowest BCUT2D eigenvalue weighted by Crippen LogP contribution is -2.50. The van der Waals surface area contributed by atoms with Gasteiger partial charge in [-0.05, 0) is 31.7 Å². The van der Waals surface area contributed by atoms with Gasteiger partial charge in [-0.2, -0.15) is 13.2 Å². The van der Waals surface area contributed by atoms with Crippen LogP contribution in [-0.4, -0.2) is 22.9 Å². The summed E-state index contributed by atoms with van der Waals surface area (Å²) in [5, 5.41) is 3.44. The maximum atomic E-state index is 13.0. The first-order valence-electron chi connectivity index (χ1n) is 7.26. The second-order valence-corrected chi connectivity index (χ2v) is 5.94. The van der Waals surface area contributed by atoms with Gasteiger partial charge in [0.05, 0.1) is 5.56 Å². The number of fused-ring (bicyclic) bond motifs is 2. The summed E-state index contributed by atoms with van der Waals surface area (Å²) in [7, 11) is 0. The summed E-state index contributed by atoms with van der Waals surface area (Å²) in [4.78, 5) is 16.2. The molecule has 1 aromatic rings. The van der Waals surface area contributed by atoms with E-state index in [1.165, 1.54) is 0 Å². The number of piperidine rings is 2. The molecule has 2 bridgehead atoms. The van der Waals surface area contributed by atoms with Crippen molar-refractivity contribution in [1.29, 1.82) is 0 Å². The van der Waals surface area contributed by atoms with Gasteiger partial charge in [-0.15, -0.1) is 0 Å². The van der Waals surface area contributed by atoms with E-state index in [0.29, 0.717) is 12.8 Å². The van der Waals surface area contributed by atoms with Crippen molar-refractivity contribution in [3.63, 3.8) is 0 Å². The van der Waals surface area contributed by atoms with Crippen LogP contribution in [0.3, 0.4) is 0 Å². The topological polar surface area (TPSA) is 42.0 Å². The highest BCUT2D eigenvalue weighted by Gasteiger charge is 2.39. The molecule has 1 N–H and O–H groups in total. The Hall–Kier alpha value is -1.43. The van der Waals surface area contributed by atoms with Gasteiger partial charge in [0.15, 0.2) is 5.78 Å². The third kappa shape index (κ3) is 2.95. The number of ketones is 1. The number of carbonyl (C=O) groups excluding carboxylic acids is 1. The summed E-state index contributed by atoms with van der Waals surface area (Å²) in [6.07, 6.45) is 2.00. The highest BCUT2D eigenvalue weighted by molar-refractivity contribution is 5.99. The van der Waals surface area contributed by atoms with E-state index in [-0.39, 0.29) is 23.6 Å². The molecule has 0 aliphatic carbocycles. The van der Waals surface area contributed by atoms with Crippen LogP contribution in [0.5, 0.6) is 0 Å². The monoisotopic (exact) mass is 298 g/mol. The van der Waals surface area contributed by atoms with Crippen molar-refractivity contribution < 1.29 is 18.0 Å². The summed E-state index contributed by atoms with van der Waals surface area (Å²) in [5.41, 5.74) is -1.15. The fourth-order valence-corrected chi connectivity index (χ4v) is 3.54. The Morgan fingerprint density at radius 3 is 2.52 bits per heavy atom. The van der Waals surface area contributed by atoms with Gasteiger partial charge < -0.3 is 5.32 Å². The van der Waals surface area contributed by atoms with Gasteiger partial charge in [0.2, 0.25) is 0 Å². The van der Waals surface area contributed by atoms with Crippen LogP contribution in [0.25, 0.3) is 0 Å². The number of carbonyl (C=O) groups is 1. The SMILES string of the molecule is O=C(c1cnccc1C(F)(F)F)C1CC2CCCC(C1)N2. The molecule has 3 rings (SSSR count). The molecule has 0 aromatic carbocycles. The van der Waals surface area contributed by atoms with Crippen LogP contribution in [0.15, 0.2) is 18.5 Å². The van der Waals surface area contributed by atoms with E-state index in [9.17, 15) is 18.0 Å². The number of hydrogen-bond donors (Lipinski definition) is 1. The fraction of sp³-hybridized carbons (Fsp3) is 0.600. The van der Waals surface area contributed by atoms with Crippen LogP contribution in [0.2, 0.25) is 0 Å². The van der Waals surface area contributed by atoms with Crippen LogP contribution in [0.1, 0.15) is 48.0 Å². The number of Topliss-reactive ketones (excluding diaryl/α,β-unsaturated/α-hetero) is 1. The standard InChI is InChI=1S/C15H17F3N2O/c16-15(17,18)13-4-5-19-8-12(13)14(21)9-6-10-2-1-3-11(7-9)20-10/h4-5,8-11,20H,1-3,6-7H2. The van der Waals surface area contributed by atoms with Crippen molar-refractivity contribution >= 4 is 5.78 Å². The molecule has 1 aromatic heterocycles. The molecule has 2 aliphatic heterocycles. The molecule has 2 unspecified atom stereocenters. The van der Waals surface area contributed by atoms with Crippen molar-refractivity contribution in [1.82, 2.24) is 10.3 Å². The van der Waals surface area contributed by atoms with E-state index < -0.39 is 17.5 Å². The summed E-state index contributed by atoms with van der Waals surface area (Å²) in [6, 6.07) is 1.41. The summed E-state index contributed by atoms with van der Waals surface area (Å²) in [6.45, 7) is 0. The highest BCUT2D eigenvalue weighted by Crippen LogP contribution is 2.36. The fourth-order valence-electron chi connectivity index (χ4n) is 3.54. The zero-order valence-corrected chi connectivity index (χ0v) is 11.5. The lowest BCUT2D eigenvalue weighted by Gasteiger charge is -2.39. The van der Waals surface area contributed by atoms with Gasteiger partial charge in [0, 0.05) is 36.0 Å². The number of nitrogens with zero attached hydrogens (tertiary/aromatic N) is 1. The van der Waals surface area contributed by atoms with Gasteiger partial charge in [-0.3, -0.25) is 9.78 Å². The van der Waals surface area contributed by atoms with Crippen LogP contribution < -0.4 is 5.32 Å². The molecule has 2 fully saturated rings. The molecule has 21 heavy (non-hydrogen) atoms. The highest BCUT2D eigenvalue weighted by atomic mass is 19.4. The molecule has 2 saturated heterocycles. The van der Waals surface area contributed by atoms with E-state index in [0.717, 1.165) is 37.7 Å². The zero-order chi connectivity index (χ0) is 15.0. The van der Waals surface area contributed by atoms with E-state index in [1.54, 1.807) is 0 Å². The lowest BCUT2D eigenvalue weighted by atomic mass is 9.77. The second kappa shape index (κ2) is 5.40. The third-order valence-corrected chi connectivity index (χ3v) is 4.48. The minimum Gasteiger partial charge on any atom is -0.311 e. The Morgan fingerprint density at radius 2 is 1.90 bits per heavy atom. The number of pyridine rings is 1. The third-order valence-electron chi connectivity index (χ3n) is 4.48. The van der Waals surface area contributed by atoms with Gasteiger partial charge in [0.1, 0.15) is 0 Å². The molecule has 0 saturated carbocycles. The van der Waals surface area contributed by atoms with Crippen molar-refractivity contribution in [2.75, 3.05) is 0 Å². The second-order valence-electron chi connectivity index (χ2n) is 5.94. The molecule has 114 valence electrons. The molecule has 0 radical (unpaired) electrons. The number of aromatic nitrogens is 1. The molecule has 2 aliphatic rings. The van der Waals surface area contributed by atoms with Crippen LogP contribution >= 0.6 is 0 Å². The number of hydrogen-bond acceptors (Lipinski definition) is 3. The van der Waals surface area contributed by atoms with Gasteiger partial charge in [-0.1, -0.05) is 6.42 Å². The first-order chi connectivity index (χ1) is 9.95. The molecule has 3 heterocycles. The molecule has 0 spiro atoms. The van der Waals surface area contributed by atoms with Crippen molar-refractivity contribution in [3.8, 4) is 0 Å². The minimum atomic E-state index is -4.52. The van der Waals surface area contributed by atoms with Crippen LogP contribution in [0.4, 0.5) is 13.2 Å². The summed E-state index contributed by atoms with van der Waals surface area (Å²) in [5.74, 6) is -0.735. The van der Waals surface area contributed by atoms with Crippen LogP contribution in [-0.2, 0) is 6.18 Å². The molecule has 3 nitrogen and oxygen atoms in total. The number of alkyl halides is 3. The first-order valence-corrected chi connectivity index (χ1v) is 7.26.